The Bertz CT molecular complexity index is 537. The van der Waals surface area contributed by atoms with E-state index in [2.05, 4.69) is 9.97 Å². The van der Waals surface area contributed by atoms with Gasteiger partial charge in [0.25, 0.3) is 0 Å². The van der Waals surface area contributed by atoms with E-state index in [-0.39, 0.29) is 17.0 Å². The number of nitrogens with zero attached hydrogens (tertiary/aromatic N) is 2. The number of aromatic hydroxyl groups is 1. The van der Waals surface area contributed by atoms with Crippen LogP contribution in [-0.4, -0.2) is 25.3 Å². The number of benzene rings is 1. The fourth-order valence-electron chi connectivity index (χ4n) is 1.21. The topological polar surface area (TPSA) is 86.5 Å². The highest BCUT2D eigenvalue weighted by atomic mass is 16.3. The van der Waals surface area contributed by atoms with E-state index in [0.29, 0.717) is 11.8 Å². The van der Waals surface area contributed by atoms with Crippen LogP contribution >= 0.6 is 0 Å². The van der Waals surface area contributed by atoms with Crippen LogP contribution in [0.1, 0.15) is 5.69 Å². The summed E-state index contributed by atoms with van der Waals surface area (Å²) < 4.78 is 0. The summed E-state index contributed by atoms with van der Waals surface area (Å²) >= 11 is 0. The van der Waals surface area contributed by atoms with Gasteiger partial charge in [-0.1, -0.05) is 6.07 Å². The Labute approximate surface area is 85.0 Å². The zero-order chi connectivity index (χ0) is 10.8. The van der Waals surface area contributed by atoms with Crippen LogP contribution in [0.3, 0.4) is 0 Å². The summed E-state index contributed by atoms with van der Waals surface area (Å²) in [5.74, 6) is -0.416. The molecule has 1 aromatic carbocycles. The lowest BCUT2D eigenvalue weighted by atomic mass is 10.2. The van der Waals surface area contributed by atoms with Gasteiger partial charge in [-0.25, -0.2) is 4.98 Å². The van der Waals surface area contributed by atoms with Crippen LogP contribution in [0.25, 0.3) is 16.8 Å². The van der Waals surface area contributed by atoms with Crippen molar-refractivity contribution in [1.29, 1.82) is 0 Å². The van der Waals surface area contributed by atoms with E-state index in [4.69, 9.17) is 5.11 Å². The van der Waals surface area contributed by atoms with E-state index >= 15 is 0 Å². The predicted molar refractivity (Wildman–Crippen MR) is 54.4 cm³/mol. The van der Waals surface area contributed by atoms with Crippen LogP contribution in [0.15, 0.2) is 30.7 Å². The van der Waals surface area contributed by atoms with Gasteiger partial charge < -0.3 is 15.3 Å². The van der Waals surface area contributed by atoms with E-state index < -0.39 is 5.76 Å². The summed E-state index contributed by atoms with van der Waals surface area (Å²) in [6, 6.07) is 4.81. The average molecular weight is 204 g/mol. The highest BCUT2D eigenvalue weighted by Gasteiger charge is 2.06. The average Bonchev–Trinajstić information content (AvgIpc) is 2.28. The fraction of sp³-hybridized carbons (Fsp3) is 0. The second-order valence-electron chi connectivity index (χ2n) is 2.91. The second-order valence-corrected chi connectivity index (χ2v) is 2.91. The van der Waals surface area contributed by atoms with Gasteiger partial charge in [0.1, 0.15) is 23.2 Å². The number of aromatic nitrogens is 2. The molecule has 3 N–H and O–H groups in total. The normalized spacial score (nSPS) is 11.9. The molecule has 5 nitrogen and oxygen atoms in total. The smallest absolute Gasteiger partial charge is 0.177 e. The van der Waals surface area contributed by atoms with Crippen molar-refractivity contribution in [3.8, 4) is 5.75 Å². The molecule has 0 amide bonds. The number of para-hydroxylation sites is 1. The maximum atomic E-state index is 9.48. The molecule has 1 heterocycles. The Morgan fingerprint density at radius 3 is 2.87 bits per heavy atom. The summed E-state index contributed by atoms with van der Waals surface area (Å²) in [5.41, 5.74) is 0.902. The van der Waals surface area contributed by atoms with Crippen molar-refractivity contribution >= 4 is 16.8 Å². The molecule has 0 atom stereocenters. The fourth-order valence-corrected chi connectivity index (χ4v) is 1.21. The maximum absolute atomic E-state index is 9.48. The Balaban J connectivity index is 2.70. The number of aliphatic hydroxyl groups excluding tert-OH is 2. The molecule has 0 saturated carbocycles. The minimum Gasteiger partial charge on any atom is -0.512 e. The van der Waals surface area contributed by atoms with Gasteiger partial charge in [0.05, 0.1) is 11.7 Å². The summed E-state index contributed by atoms with van der Waals surface area (Å²) in [6.07, 6.45) is 1.83. The number of hydrogen-bond acceptors (Lipinski definition) is 5. The van der Waals surface area contributed by atoms with Crippen molar-refractivity contribution in [2.24, 2.45) is 0 Å². The molecule has 15 heavy (non-hydrogen) atoms. The minimum absolute atomic E-state index is 0.0208. The number of aliphatic hydroxyl groups is 2. The van der Waals surface area contributed by atoms with E-state index in [1.807, 2.05) is 0 Å². The van der Waals surface area contributed by atoms with Crippen molar-refractivity contribution in [2.45, 2.75) is 0 Å². The first-order chi connectivity index (χ1) is 7.22. The van der Waals surface area contributed by atoms with Crippen LogP contribution in [0.5, 0.6) is 5.75 Å². The molecule has 0 bridgehead atoms. The first kappa shape index (κ1) is 9.26. The molecule has 0 aliphatic rings. The van der Waals surface area contributed by atoms with E-state index in [1.54, 1.807) is 12.1 Å². The van der Waals surface area contributed by atoms with Gasteiger partial charge in [-0.2, -0.15) is 0 Å². The molecule has 0 saturated heterocycles. The van der Waals surface area contributed by atoms with Crippen LogP contribution < -0.4 is 0 Å². The summed E-state index contributed by atoms with van der Waals surface area (Å²) in [6.45, 7) is 0. The third kappa shape index (κ3) is 1.54. The lowest BCUT2D eigenvalue weighted by Gasteiger charge is -2.01. The molecule has 0 fully saturated rings. The predicted octanol–water partition coefficient (Wildman–Crippen LogP) is 1.75. The van der Waals surface area contributed by atoms with Crippen molar-refractivity contribution in [3.05, 3.63) is 36.4 Å². The summed E-state index contributed by atoms with van der Waals surface area (Å²) in [5, 5.41) is 27.3. The van der Waals surface area contributed by atoms with Crippen molar-refractivity contribution in [1.82, 2.24) is 9.97 Å². The number of phenolic OH excluding ortho intramolecular Hbond substituents is 1. The van der Waals surface area contributed by atoms with E-state index in [0.717, 1.165) is 0 Å². The molecule has 2 rings (SSSR count). The molecule has 0 aliphatic carbocycles. The molecular formula is C10H8N2O3. The van der Waals surface area contributed by atoms with Gasteiger partial charge >= 0.3 is 0 Å². The zero-order valence-electron chi connectivity index (χ0n) is 7.62. The van der Waals surface area contributed by atoms with E-state index in [9.17, 15) is 10.2 Å². The number of phenols is 1. The third-order valence-corrected chi connectivity index (χ3v) is 1.94. The lowest BCUT2D eigenvalue weighted by Crippen LogP contribution is -1.92. The standard InChI is InChI=1S/C10H8N2O3/c13-5-9(15)7-4-11-6-2-1-3-8(14)10(6)12-7/h1-5,13-15H. The largest absolute Gasteiger partial charge is 0.512 e. The van der Waals surface area contributed by atoms with Gasteiger partial charge in [-0.05, 0) is 12.1 Å². The SMILES string of the molecule is OC=C(O)c1cnc2cccc(O)c2n1. The summed E-state index contributed by atoms with van der Waals surface area (Å²) in [4.78, 5) is 7.93. The first-order valence-electron chi connectivity index (χ1n) is 4.21. The van der Waals surface area contributed by atoms with E-state index in [1.165, 1.54) is 12.3 Å². The number of hydrogen-bond donors (Lipinski definition) is 3. The molecule has 1 aromatic heterocycles. The van der Waals surface area contributed by atoms with Gasteiger partial charge in [0, 0.05) is 0 Å². The molecule has 0 unspecified atom stereocenters. The van der Waals surface area contributed by atoms with Crippen LogP contribution in [-0.2, 0) is 0 Å². The summed E-state index contributed by atoms with van der Waals surface area (Å²) in [7, 11) is 0. The van der Waals surface area contributed by atoms with Crippen LogP contribution in [0.2, 0.25) is 0 Å². The highest BCUT2D eigenvalue weighted by Crippen LogP contribution is 2.21. The minimum atomic E-state index is -0.396. The molecule has 0 aliphatic heterocycles. The first-order valence-corrected chi connectivity index (χ1v) is 4.21. The van der Waals surface area contributed by atoms with Gasteiger partial charge in [-0.3, -0.25) is 4.98 Å². The van der Waals surface area contributed by atoms with Crippen molar-refractivity contribution in [2.75, 3.05) is 0 Å². The monoisotopic (exact) mass is 204 g/mol. The third-order valence-electron chi connectivity index (χ3n) is 1.94. The van der Waals surface area contributed by atoms with Crippen LogP contribution in [0.4, 0.5) is 0 Å². The molecule has 0 spiro atoms. The molecule has 2 aromatic rings. The highest BCUT2D eigenvalue weighted by molar-refractivity contribution is 5.81. The lowest BCUT2D eigenvalue weighted by molar-refractivity contribution is 0.430. The van der Waals surface area contributed by atoms with Crippen LogP contribution in [0, 0.1) is 0 Å². The van der Waals surface area contributed by atoms with Gasteiger partial charge in [0.2, 0.25) is 0 Å². The Morgan fingerprint density at radius 2 is 2.13 bits per heavy atom. The maximum Gasteiger partial charge on any atom is 0.177 e. The molecular weight excluding hydrogens is 196 g/mol. The Kier molecular flexibility index (Phi) is 2.13. The van der Waals surface area contributed by atoms with Crippen molar-refractivity contribution < 1.29 is 15.3 Å². The van der Waals surface area contributed by atoms with Gasteiger partial charge in [0.15, 0.2) is 5.76 Å². The number of fused-ring (bicyclic) bond motifs is 1. The second kappa shape index (κ2) is 3.45. The quantitative estimate of drug-likeness (QED) is 0.616. The molecule has 5 heteroatoms. The number of rotatable bonds is 1. The van der Waals surface area contributed by atoms with Crippen molar-refractivity contribution in [3.63, 3.8) is 0 Å². The molecule has 0 radical (unpaired) electrons. The Hall–Kier alpha value is -2.30. The molecule has 76 valence electrons. The Morgan fingerprint density at radius 1 is 1.33 bits per heavy atom. The zero-order valence-corrected chi connectivity index (χ0v) is 7.62. The van der Waals surface area contributed by atoms with Gasteiger partial charge in [-0.15, -0.1) is 0 Å².